The number of ether oxygens (including phenoxy) is 2. The molecular formula is C11H21NO3. The minimum Gasteiger partial charge on any atom is -0.450 e. The normalized spacial score (nSPS) is 26.1. The number of carbonyl (C=O) groups excluding carboxylic acids is 1. The molecule has 1 atom stereocenters. The van der Waals surface area contributed by atoms with Crippen molar-refractivity contribution in [3.8, 4) is 0 Å². The third kappa shape index (κ3) is 2.84. The molecule has 1 aliphatic rings. The molecule has 0 aromatic heterocycles. The Hall–Kier alpha value is -0.770. The lowest BCUT2D eigenvalue weighted by Gasteiger charge is -2.34. The maximum atomic E-state index is 11.7. The van der Waals surface area contributed by atoms with Crippen LogP contribution in [-0.4, -0.2) is 36.5 Å². The Bertz CT molecular complexity index is 230. The van der Waals surface area contributed by atoms with Gasteiger partial charge in [-0.1, -0.05) is 13.8 Å². The van der Waals surface area contributed by atoms with E-state index in [4.69, 9.17) is 9.47 Å². The van der Waals surface area contributed by atoms with Gasteiger partial charge in [0.25, 0.3) is 0 Å². The molecule has 0 aliphatic carbocycles. The lowest BCUT2D eigenvalue weighted by Crippen LogP contribution is -2.47. The van der Waals surface area contributed by atoms with Crippen LogP contribution in [0, 0.1) is 5.92 Å². The molecule has 4 heteroatoms. The highest BCUT2D eigenvalue weighted by molar-refractivity contribution is 5.68. The topological polar surface area (TPSA) is 38.8 Å². The van der Waals surface area contributed by atoms with E-state index in [1.54, 1.807) is 4.90 Å². The molecule has 1 amide bonds. The lowest BCUT2D eigenvalue weighted by molar-refractivity contribution is -0.0728. The standard InChI is InChI=1S/C11H21NO3/c1-5-14-10(13)12-6-7-15-11(12,4)8-9(2)3/h9H,5-8H2,1-4H3. The third-order valence-electron chi connectivity index (χ3n) is 2.57. The van der Waals surface area contributed by atoms with E-state index in [2.05, 4.69) is 13.8 Å². The van der Waals surface area contributed by atoms with Crippen LogP contribution in [-0.2, 0) is 9.47 Å². The molecule has 0 aromatic carbocycles. The molecule has 0 bridgehead atoms. The van der Waals surface area contributed by atoms with Crippen molar-refractivity contribution in [2.45, 2.75) is 39.8 Å². The van der Waals surface area contributed by atoms with Crippen LogP contribution in [0.5, 0.6) is 0 Å². The number of nitrogens with zero attached hydrogens (tertiary/aromatic N) is 1. The summed E-state index contributed by atoms with van der Waals surface area (Å²) < 4.78 is 10.7. The summed E-state index contributed by atoms with van der Waals surface area (Å²) in [5.41, 5.74) is -0.486. The van der Waals surface area contributed by atoms with Gasteiger partial charge in [-0.2, -0.15) is 0 Å². The van der Waals surface area contributed by atoms with Gasteiger partial charge in [-0.25, -0.2) is 4.79 Å². The summed E-state index contributed by atoms with van der Waals surface area (Å²) in [4.78, 5) is 13.4. The fraction of sp³-hybridized carbons (Fsp3) is 0.909. The van der Waals surface area contributed by atoms with Crippen molar-refractivity contribution < 1.29 is 14.3 Å². The Morgan fingerprint density at radius 3 is 2.80 bits per heavy atom. The van der Waals surface area contributed by atoms with Gasteiger partial charge in [-0.3, -0.25) is 4.90 Å². The molecule has 4 nitrogen and oxygen atoms in total. The van der Waals surface area contributed by atoms with E-state index >= 15 is 0 Å². The van der Waals surface area contributed by atoms with E-state index in [1.165, 1.54) is 0 Å². The summed E-state index contributed by atoms with van der Waals surface area (Å²) in [5, 5.41) is 0. The van der Waals surface area contributed by atoms with Gasteiger partial charge in [0.15, 0.2) is 0 Å². The van der Waals surface area contributed by atoms with Gasteiger partial charge in [-0.05, 0) is 26.2 Å². The molecule has 1 unspecified atom stereocenters. The zero-order chi connectivity index (χ0) is 11.5. The van der Waals surface area contributed by atoms with Crippen molar-refractivity contribution in [3.05, 3.63) is 0 Å². The van der Waals surface area contributed by atoms with E-state index in [0.29, 0.717) is 25.7 Å². The zero-order valence-corrected chi connectivity index (χ0v) is 10.1. The van der Waals surface area contributed by atoms with Gasteiger partial charge >= 0.3 is 6.09 Å². The number of carbonyl (C=O) groups is 1. The molecule has 0 aromatic rings. The average molecular weight is 215 g/mol. The molecular weight excluding hydrogens is 194 g/mol. The quantitative estimate of drug-likeness (QED) is 0.724. The molecule has 0 spiro atoms. The van der Waals surface area contributed by atoms with Crippen molar-refractivity contribution in [1.29, 1.82) is 0 Å². The van der Waals surface area contributed by atoms with Crippen molar-refractivity contribution >= 4 is 6.09 Å². The lowest BCUT2D eigenvalue weighted by atomic mass is 10.0. The van der Waals surface area contributed by atoms with Gasteiger partial charge in [-0.15, -0.1) is 0 Å². The van der Waals surface area contributed by atoms with E-state index < -0.39 is 5.72 Å². The number of hydrogen-bond acceptors (Lipinski definition) is 3. The van der Waals surface area contributed by atoms with Crippen LogP contribution in [0.15, 0.2) is 0 Å². The third-order valence-corrected chi connectivity index (χ3v) is 2.57. The van der Waals surface area contributed by atoms with Crippen LogP contribution in [0.3, 0.4) is 0 Å². The molecule has 0 radical (unpaired) electrons. The Balaban J connectivity index is 2.66. The van der Waals surface area contributed by atoms with E-state index in [0.717, 1.165) is 6.42 Å². The van der Waals surface area contributed by atoms with Crippen molar-refractivity contribution in [2.24, 2.45) is 5.92 Å². The summed E-state index contributed by atoms with van der Waals surface area (Å²) in [6.45, 7) is 9.65. The molecule has 1 rings (SSSR count). The van der Waals surface area contributed by atoms with Crippen LogP contribution in [0.2, 0.25) is 0 Å². The predicted molar refractivity (Wildman–Crippen MR) is 57.5 cm³/mol. The summed E-state index contributed by atoms with van der Waals surface area (Å²) >= 11 is 0. The first-order chi connectivity index (χ1) is 6.99. The SMILES string of the molecule is CCOC(=O)N1CCOC1(C)CC(C)C. The molecule has 15 heavy (non-hydrogen) atoms. The molecule has 88 valence electrons. The van der Waals surface area contributed by atoms with Gasteiger partial charge in [0.1, 0.15) is 5.72 Å². The second kappa shape index (κ2) is 4.84. The van der Waals surface area contributed by atoms with Crippen LogP contribution < -0.4 is 0 Å². The summed E-state index contributed by atoms with van der Waals surface area (Å²) in [6, 6.07) is 0. The fourth-order valence-corrected chi connectivity index (χ4v) is 2.08. The molecule has 1 aliphatic heterocycles. The van der Waals surface area contributed by atoms with Gasteiger partial charge < -0.3 is 9.47 Å². The minimum atomic E-state index is -0.486. The fourth-order valence-electron chi connectivity index (χ4n) is 2.08. The predicted octanol–water partition coefficient (Wildman–Crippen LogP) is 2.24. The van der Waals surface area contributed by atoms with E-state index in [1.807, 2.05) is 13.8 Å². The zero-order valence-electron chi connectivity index (χ0n) is 10.1. The van der Waals surface area contributed by atoms with Crippen LogP contribution in [0.1, 0.15) is 34.1 Å². The summed E-state index contributed by atoms with van der Waals surface area (Å²) in [6.07, 6.45) is 0.573. The molecule has 1 fully saturated rings. The maximum absolute atomic E-state index is 11.7. The highest BCUT2D eigenvalue weighted by atomic mass is 16.6. The summed E-state index contributed by atoms with van der Waals surface area (Å²) in [7, 11) is 0. The van der Waals surface area contributed by atoms with Gasteiger partial charge in [0.05, 0.1) is 19.8 Å². The first-order valence-electron chi connectivity index (χ1n) is 5.58. The first kappa shape index (κ1) is 12.3. The average Bonchev–Trinajstić information content (AvgIpc) is 2.45. The van der Waals surface area contributed by atoms with Gasteiger partial charge in [0.2, 0.25) is 0 Å². The van der Waals surface area contributed by atoms with E-state index in [-0.39, 0.29) is 6.09 Å². The number of rotatable bonds is 3. The Labute approximate surface area is 91.5 Å². The van der Waals surface area contributed by atoms with Gasteiger partial charge in [0, 0.05) is 0 Å². The second-order valence-corrected chi connectivity index (χ2v) is 4.47. The highest BCUT2D eigenvalue weighted by Gasteiger charge is 2.42. The molecule has 0 saturated carbocycles. The molecule has 1 heterocycles. The Morgan fingerprint density at radius 2 is 2.27 bits per heavy atom. The highest BCUT2D eigenvalue weighted by Crippen LogP contribution is 2.30. The summed E-state index contributed by atoms with van der Waals surface area (Å²) in [5.74, 6) is 0.491. The second-order valence-electron chi connectivity index (χ2n) is 4.47. The number of amides is 1. The van der Waals surface area contributed by atoms with Crippen molar-refractivity contribution in [1.82, 2.24) is 4.90 Å². The van der Waals surface area contributed by atoms with Crippen LogP contribution in [0.25, 0.3) is 0 Å². The smallest absolute Gasteiger partial charge is 0.412 e. The Morgan fingerprint density at radius 1 is 1.60 bits per heavy atom. The Kier molecular flexibility index (Phi) is 3.97. The van der Waals surface area contributed by atoms with Crippen molar-refractivity contribution in [2.75, 3.05) is 19.8 Å². The monoisotopic (exact) mass is 215 g/mol. The number of hydrogen-bond donors (Lipinski definition) is 0. The van der Waals surface area contributed by atoms with Crippen LogP contribution >= 0.6 is 0 Å². The first-order valence-corrected chi connectivity index (χ1v) is 5.58. The van der Waals surface area contributed by atoms with Crippen LogP contribution in [0.4, 0.5) is 4.79 Å². The van der Waals surface area contributed by atoms with Crippen molar-refractivity contribution in [3.63, 3.8) is 0 Å². The maximum Gasteiger partial charge on any atom is 0.412 e. The molecule has 1 saturated heterocycles. The largest absolute Gasteiger partial charge is 0.450 e. The molecule has 0 N–H and O–H groups in total. The van der Waals surface area contributed by atoms with E-state index in [9.17, 15) is 4.79 Å². The minimum absolute atomic E-state index is 0.266.